The molecule has 0 saturated carbocycles. The van der Waals surface area contributed by atoms with Gasteiger partial charge in [0.05, 0.1) is 6.61 Å². The van der Waals surface area contributed by atoms with Gasteiger partial charge in [0.15, 0.2) is 0 Å². The SMILES string of the molecule is CC(C)(C)OC(=O)N1CC[C@H](c2ccc(OCCO)cc2)[C@@H](CO)C1. The fraction of sp³-hybridized carbons (Fsp3) is 0.632. The molecule has 0 unspecified atom stereocenters. The smallest absolute Gasteiger partial charge is 0.410 e. The van der Waals surface area contributed by atoms with Crippen LogP contribution in [0.4, 0.5) is 4.79 Å². The maximum absolute atomic E-state index is 12.2. The number of amides is 1. The van der Waals surface area contributed by atoms with E-state index in [9.17, 15) is 9.90 Å². The Bertz CT molecular complexity index is 552. The third-order valence-corrected chi connectivity index (χ3v) is 4.29. The lowest BCUT2D eigenvalue weighted by atomic mass is 9.81. The van der Waals surface area contributed by atoms with Crippen LogP contribution < -0.4 is 4.74 Å². The molecule has 140 valence electrons. The molecule has 1 saturated heterocycles. The van der Waals surface area contributed by atoms with E-state index in [1.54, 1.807) is 4.90 Å². The van der Waals surface area contributed by atoms with Gasteiger partial charge in [-0.1, -0.05) is 12.1 Å². The van der Waals surface area contributed by atoms with Crippen molar-refractivity contribution in [3.8, 4) is 5.75 Å². The number of carbonyl (C=O) groups is 1. The molecule has 1 aromatic rings. The Morgan fingerprint density at radius 2 is 1.92 bits per heavy atom. The molecule has 1 aliphatic heterocycles. The summed E-state index contributed by atoms with van der Waals surface area (Å²) >= 11 is 0. The van der Waals surface area contributed by atoms with Crippen LogP contribution in [0.2, 0.25) is 0 Å². The maximum Gasteiger partial charge on any atom is 0.410 e. The summed E-state index contributed by atoms with van der Waals surface area (Å²) in [5.74, 6) is 0.880. The number of hydrogen-bond acceptors (Lipinski definition) is 5. The molecule has 6 heteroatoms. The Labute approximate surface area is 149 Å². The Kier molecular flexibility index (Phi) is 6.67. The first-order valence-corrected chi connectivity index (χ1v) is 8.76. The zero-order valence-electron chi connectivity index (χ0n) is 15.3. The molecule has 2 N–H and O–H groups in total. The van der Waals surface area contributed by atoms with Gasteiger partial charge in [0.1, 0.15) is 18.0 Å². The quantitative estimate of drug-likeness (QED) is 0.851. The van der Waals surface area contributed by atoms with E-state index in [-0.39, 0.29) is 37.7 Å². The number of aliphatic hydroxyl groups is 2. The van der Waals surface area contributed by atoms with Gasteiger partial charge in [0.2, 0.25) is 0 Å². The summed E-state index contributed by atoms with van der Waals surface area (Å²) < 4.78 is 10.8. The molecule has 2 rings (SSSR count). The van der Waals surface area contributed by atoms with Crippen molar-refractivity contribution in [2.45, 2.75) is 38.7 Å². The molecule has 0 bridgehead atoms. The van der Waals surface area contributed by atoms with Crippen LogP contribution in [-0.2, 0) is 4.74 Å². The van der Waals surface area contributed by atoms with Gasteiger partial charge in [0.25, 0.3) is 0 Å². The van der Waals surface area contributed by atoms with Crippen LogP contribution in [0.1, 0.15) is 38.7 Å². The Morgan fingerprint density at radius 1 is 1.24 bits per heavy atom. The van der Waals surface area contributed by atoms with Gasteiger partial charge < -0.3 is 24.6 Å². The average Bonchev–Trinajstić information content (AvgIpc) is 2.58. The number of ether oxygens (including phenoxy) is 2. The van der Waals surface area contributed by atoms with Gasteiger partial charge in [-0.05, 0) is 50.8 Å². The minimum atomic E-state index is -0.521. The first-order chi connectivity index (χ1) is 11.8. The van der Waals surface area contributed by atoms with Crippen LogP contribution in [0.5, 0.6) is 5.75 Å². The van der Waals surface area contributed by atoms with Gasteiger partial charge >= 0.3 is 6.09 Å². The number of hydrogen-bond donors (Lipinski definition) is 2. The van der Waals surface area contributed by atoms with Crippen LogP contribution >= 0.6 is 0 Å². The van der Waals surface area contributed by atoms with Crippen molar-refractivity contribution in [2.24, 2.45) is 5.92 Å². The normalized spacial score (nSPS) is 21.1. The van der Waals surface area contributed by atoms with Crippen molar-refractivity contribution in [3.05, 3.63) is 29.8 Å². The highest BCUT2D eigenvalue weighted by Crippen LogP contribution is 2.34. The van der Waals surface area contributed by atoms with Crippen LogP contribution in [-0.4, -0.2) is 59.7 Å². The monoisotopic (exact) mass is 351 g/mol. The second-order valence-electron chi connectivity index (χ2n) is 7.41. The molecule has 6 nitrogen and oxygen atoms in total. The predicted molar refractivity (Wildman–Crippen MR) is 94.8 cm³/mol. The average molecular weight is 351 g/mol. The zero-order valence-corrected chi connectivity index (χ0v) is 15.3. The molecule has 1 heterocycles. The second-order valence-corrected chi connectivity index (χ2v) is 7.41. The molecule has 0 aliphatic carbocycles. The zero-order chi connectivity index (χ0) is 18.4. The van der Waals surface area contributed by atoms with Crippen LogP contribution in [0.25, 0.3) is 0 Å². The van der Waals surface area contributed by atoms with E-state index in [1.807, 2.05) is 45.0 Å². The van der Waals surface area contributed by atoms with Gasteiger partial charge in [-0.2, -0.15) is 0 Å². The van der Waals surface area contributed by atoms with Crippen LogP contribution in [0.3, 0.4) is 0 Å². The highest BCUT2D eigenvalue weighted by atomic mass is 16.6. The number of carbonyl (C=O) groups excluding carboxylic acids is 1. The van der Waals surface area contributed by atoms with E-state index >= 15 is 0 Å². The molecule has 1 amide bonds. The fourth-order valence-electron chi connectivity index (χ4n) is 3.12. The molecule has 1 aromatic carbocycles. The number of piperidine rings is 1. The van der Waals surface area contributed by atoms with E-state index in [4.69, 9.17) is 14.6 Å². The predicted octanol–water partition coefficient (Wildman–Crippen LogP) is 2.39. The number of likely N-dealkylation sites (tertiary alicyclic amines) is 1. The third kappa shape index (κ3) is 5.61. The summed E-state index contributed by atoms with van der Waals surface area (Å²) in [5, 5.41) is 18.6. The van der Waals surface area contributed by atoms with Gasteiger partial charge in [-0.15, -0.1) is 0 Å². The summed E-state index contributed by atoms with van der Waals surface area (Å²) in [4.78, 5) is 13.9. The summed E-state index contributed by atoms with van der Waals surface area (Å²) in [6, 6.07) is 7.73. The number of benzene rings is 1. The maximum atomic E-state index is 12.2. The first-order valence-electron chi connectivity index (χ1n) is 8.76. The highest BCUT2D eigenvalue weighted by molar-refractivity contribution is 5.68. The largest absolute Gasteiger partial charge is 0.491 e. The lowest BCUT2D eigenvalue weighted by Gasteiger charge is -2.38. The lowest BCUT2D eigenvalue weighted by molar-refractivity contribution is 0.0102. The summed E-state index contributed by atoms with van der Waals surface area (Å²) in [6.45, 7) is 6.92. The topological polar surface area (TPSA) is 79.2 Å². The van der Waals surface area contributed by atoms with Crippen molar-refractivity contribution in [2.75, 3.05) is 32.9 Å². The summed E-state index contributed by atoms with van der Waals surface area (Å²) in [6.07, 6.45) is 0.457. The Morgan fingerprint density at radius 3 is 2.48 bits per heavy atom. The number of nitrogens with zero attached hydrogens (tertiary/aromatic N) is 1. The third-order valence-electron chi connectivity index (χ3n) is 4.29. The molecular weight excluding hydrogens is 322 g/mol. The standard InChI is InChI=1S/C19H29NO5/c1-19(2,3)25-18(23)20-9-8-17(15(12-20)13-22)14-4-6-16(7-5-14)24-11-10-21/h4-7,15,17,21-22H,8-13H2,1-3H3/t15-,17-/m1/s1. The molecule has 1 aliphatic rings. The molecule has 0 spiro atoms. The first kappa shape index (κ1) is 19.5. The number of rotatable bonds is 5. The van der Waals surface area contributed by atoms with Crippen molar-refractivity contribution in [1.29, 1.82) is 0 Å². The van der Waals surface area contributed by atoms with E-state index in [1.165, 1.54) is 0 Å². The summed E-state index contributed by atoms with van der Waals surface area (Å²) in [5.41, 5.74) is 0.604. The fourth-order valence-corrected chi connectivity index (χ4v) is 3.12. The Balaban J connectivity index is 2.00. The Hall–Kier alpha value is -1.79. The van der Waals surface area contributed by atoms with Crippen molar-refractivity contribution >= 4 is 6.09 Å². The minimum absolute atomic E-state index is 0.0164. The van der Waals surface area contributed by atoms with E-state index < -0.39 is 5.60 Å². The lowest BCUT2D eigenvalue weighted by Crippen LogP contribution is -2.46. The van der Waals surface area contributed by atoms with Gasteiger partial charge in [-0.25, -0.2) is 4.79 Å². The van der Waals surface area contributed by atoms with Crippen molar-refractivity contribution < 1.29 is 24.5 Å². The molecular formula is C19H29NO5. The summed E-state index contributed by atoms with van der Waals surface area (Å²) in [7, 11) is 0. The minimum Gasteiger partial charge on any atom is -0.491 e. The molecule has 0 radical (unpaired) electrons. The van der Waals surface area contributed by atoms with E-state index in [2.05, 4.69) is 0 Å². The van der Waals surface area contributed by atoms with E-state index in [0.29, 0.717) is 18.8 Å². The van der Waals surface area contributed by atoms with Crippen LogP contribution in [0.15, 0.2) is 24.3 Å². The van der Waals surface area contributed by atoms with Crippen molar-refractivity contribution in [3.63, 3.8) is 0 Å². The molecule has 0 aromatic heterocycles. The van der Waals surface area contributed by atoms with E-state index in [0.717, 1.165) is 12.0 Å². The second kappa shape index (κ2) is 8.54. The molecule has 2 atom stereocenters. The van der Waals surface area contributed by atoms with Crippen LogP contribution in [0, 0.1) is 5.92 Å². The highest BCUT2D eigenvalue weighted by Gasteiger charge is 2.33. The molecule has 1 fully saturated rings. The van der Waals surface area contributed by atoms with Gasteiger partial charge in [-0.3, -0.25) is 0 Å². The number of aliphatic hydroxyl groups excluding tert-OH is 2. The molecule has 25 heavy (non-hydrogen) atoms. The van der Waals surface area contributed by atoms with Crippen molar-refractivity contribution in [1.82, 2.24) is 4.90 Å². The van der Waals surface area contributed by atoms with Gasteiger partial charge in [0, 0.05) is 25.6 Å².